The molecule has 0 radical (unpaired) electrons. The summed E-state index contributed by atoms with van der Waals surface area (Å²) in [6.45, 7) is -0.248. The van der Waals surface area contributed by atoms with E-state index >= 15 is 0 Å². The summed E-state index contributed by atoms with van der Waals surface area (Å²) in [6, 6.07) is 15.1. The van der Waals surface area contributed by atoms with E-state index in [2.05, 4.69) is 0 Å². The maximum atomic E-state index is 9.82. The maximum Gasteiger partial charge on any atom is 0.0515 e. The van der Waals surface area contributed by atoms with Crippen molar-refractivity contribution < 1.29 is 10.2 Å². The lowest BCUT2D eigenvalue weighted by Crippen LogP contribution is -2.35. The van der Waals surface area contributed by atoms with Crippen molar-refractivity contribution in [1.82, 2.24) is 0 Å². The first-order valence-electron chi connectivity index (χ1n) is 6.78. The van der Waals surface area contributed by atoms with E-state index in [0.29, 0.717) is 22.9 Å². The van der Waals surface area contributed by atoms with Crippen LogP contribution in [-0.4, -0.2) is 23.4 Å². The molecule has 0 amide bonds. The SMILES string of the molecule is OCC(CO)(Cc1ccccc1)Cc1cc(Cl)ccc1Cl. The molecule has 0 spiro atoms. The fourth-order valence-corrected chi connectivity index (χ4v) is 2.83. The molecule has 4 heteroatoms. The molecule has 0 aromatic heterocycles. The molecule has 0 atom stereocenters. The highest BCUT2D eigenvalue weighted by molar-refractivity contribution is 6.33. The molecule has 2 aromatic rings. The Morgan fingerprint density at radius 3 is 2.14 bits per heavy atom. The Labute approximate surface area is 135 Å². The molecule has 112 valence electrons. The quantitative estimate of drug-likeness (QED) is 0.849. The Morgan fingerprint density at radius 1 is 0.857 bits per heavy atom. The van der Waals surface area contributed by atoms with Gasteiger partial charge in [-0.2, -0.15) is 0 Å². The lowest BCUT2D eigenvalue weighted by Gasteiger charge is -2.30. The number of aliphatic hydroxyl groups is 2. The van der Waals surface area contributed by atoms with Crippen molar-refractivity contribution in [2.24, 2.45) is 5.41 Å². The molecule has 0 aliphatic heterocycles. The van der Waals surface area contributed by atoms with E-state index in [-0.39, 0.29) is 13.2 Å². The molecule has 0 fully saturated rings. The zero-order valence-corrected chi connectivity index (χ0v) is 13.1. The summed E-state index contributed by atoms with van der Waals surface area (Å²) in [5.74, 6) is 0. The van der Waals surface area contributed by atoms with Crippen LogP contribution in [0, 0.1) is 5.41 Å². The van der Waals surface area contributed by atoms with Crippen molar-refractivity contribution in [2.45, 2.75) is 12.8 Å². The second-order valence-electron chi connectivity index (χ2n) is 5.39. The van der Waals surface area contributed by atoms with Crippen LogP contribution in [0.2, 0.25) is 10.0 Å². The van der Waals surface area contributed by atoms with Crippen molar-refractivity contribution in [1.29, 1.82) is 0 Å². The van der Waals surface area contributed by atoms with Gasteiger partial charge in [0, 0.05) is 15.5 Å². The number of halogens is 2. The van der Waals surface area contributed by atoms with Gasteiger partial charge >= 0.3 is 0 Å². The molecule has 2 nitrogen and oxygen atoms in total. The van der Waals surface area contributed by atoms with Crippen LogP contribution in [-0.2, 0) is 12.8 Å². The summed E-state index contributed by atoms with van der Waals surface area (Å²) < 4.78 is 0. The lowest BCUT2D eigenvalue weighted by molar-refractivity contribution is 0.0548. The third kappa shape index (κ3) is 4.21. The van der Waals surface area contributed by atoms with Gasteiger partial charge in [0.1, 0.15) is 0 Å². The number of benzene rings is 2. The predicted octanol–water partition coefficient (Wildman–Crippen LogP) is 3.75. The van der Waals surface area contributed by atoms with Gasteiger partial charge in [-0.3, -0.25) is 0 Å². The van der Waals surface area contributed by atoms with Crippen molar-refractivity contribution >= 4 is 23.2 Å². The molecule has 0 unspecified atom stereocenters. The largest absolute Gasteiger partial charge is 0.396 e. The molecule has 0 heterocycles. The van der Waals surface area contributed by atoms with Crippen LogP contribution in [0.15, 0.2) is 48.5 Å². The van der Waals surface area contributed by atoms with Crippen LogP contribution < -0.4 is 0 Å². The van der Waals surface area contributed by atoms with Crippen molar-refractivity contribution in [3.63, 3.8) is 0 Å². The number of hydrogen-bond acceptors (Lipinski definition) is 2. The zero-order chi connectivity index (χ0) is 15.3. The highest BCUT2D eigenvalue weighted by atomic mass is 35.5. The first-order valence-corrected chi connectivity index (χ1v) is 7.54. The van der Waals surface area contributed by atoms with Gasteiger partial charge in [-0.15, -0.1) is 0 Å². The van der Waals surface area contributed by atoms with Crippen LogP contribution in [0.5, 0.6) is 0 Å². The van der Waals surface area contributed by atoms with Crippen LogP contribution in [0.4, 0.5) is 0 Å². The minimum absolute atomic E-state index is 0.124. The monoisotopic (exact) mass is 324 g/mol. The minimum atomic E-state index is -0.657. The first-order chi connectivity index (χ1) is 10.1. The molecule has 0 bridgehead atoms. The summed E-state index contributed by atoms with van der Waals surface area (Å²) >= 11 is 12.2. The summed E-state index contributed by atoms with van der Waals surface area (Å²) in [5, 5.41) is 20.8. The third-order valence-electron chi connectivity index (χ3n) is 3.67. The van der Waals surface area contributed by atoms with E-state index in [1.807, 2.05) is 30.3 Å². The molecule has 2 N–H and O–H groups in total. The van der Waals surface area contributed by atoms with Crippen LogP contribution in [0.1, 0.15) is 11.1 Å². The van der Waals surface area contributed by atoms with E-state index in [1.165, 1.54) is 0 Å². The molecular formula is C17H18Cl2O2. The van der Waals surface area contributed by atoms with Crippen LogP contribution in [0.25, 0.3) is 0 Å². The van der Waals surface area contributed by atoms with Crippen LogP contribution >= 0.6 is 23.2 Å². The Hall–Kier alpha value is -1.06. The molecule has 21 heavy (non-hydrogen) atoms. The number of rotatable bonds is 6. The van der Waals surface area contributed by atoms with Gasteiger partial charge in [-0.1, -0.05) is 53.5 Å². The van der Waals surface area contributed by atoms with Gasteiger partial charge in [0.15, 0.2) is 0 Å². The van der Waals surface area contributed by atoms with Crippen molar-refractivity contribution in [2.75, 3.05) is 13.2 Å². The highest BCUT2D eigenvalue weighted by Crippen LogP contribution is 2.31. The molecule has 0 aliphatic rings. The number of aliphatic hydroxyl groups excluding tert-OH is 2. The second kappa shape index (κ2) is 7.28. The third-order valence-corrected chi connectivity index (χ3v) is 4.27. The summed E-state index contributed by atoms with van der Waals surface area (Å²) in [5.41, 5.74) is 1.25. The average molecular weight is 325 g/mol. The fraction of sp³-hybridized carbons (Fsp3) is 0.294. The molecular weight excluding hydrogens is 307 g/mol. The second-order valence-corrected chi connectivity index (χ2v) is 6.23. The topological polar surface area (TPSA) is 40.5 Å². The Balaban J connectivity index is 2.27. The molecule has 2 rings (SSSR count). The predicted molar refractivity (Wildman–Crippen MR) is 86.9 cm³/mol. The van der Waals surface area contributed by atoms with Gasteiger partial charge in [0.25, 0.3) is 0 Å². The van der Waals surface area contributed by atoms with Gasteiger partial charge < -0.3 is 10.2 Å². The van der Waals surface area contributed by atoms with Crippen molar-refractivity contribution in [3.05, 3.63) is 69.7 Å². The van der Waals surface area contributed by atoms with Gasteiger partial charge in [-0.25, -0.2) is 0 Å². The van der Waals surface area contributed by atoms with Crippen molar-refractivity contribution in [3.8, 4) is 0 Å². The minimum Gasteiger partial charge on any atom is -0.396 e. The van der Waals surface area contributed by atoms with Gasteiger partial charge in [0.2, 0.25) is 0 Å². The van der Waals surface area contributed by atoms with Gasteiger partial charge in [-0.05, 0) is 42.2 Å². The van der Waals surface area contributed by atoms with E-state index in [4.69, 9.17) is 23.2 Å². The molecule has 2 aromatic carbocycles. The molecule has 0 saturated carbocycles. The van der Waals surface area contributed by atoms with E-state index in [1.54, 1.807) is 18.2 Å². The Kier molecular flexibility index (Phi) is 5.65. The average Bonchev–Trinajstić information content (AvgIpc) is 2.51. The smallest absolute Gasteiger partial charge is 0.0515 e. The summed E-state index contributed by atoms with van der Waals surface area (Å²) in [6.07, 6.45) is 1.04. The summed E-state index contributed by atoms with van der Waals surface area (Å²) in [4.78, 5) is 0. The first kappa shape index (κ1) is 16.3. The Bertz CT molecular complexity index is 581. The van der Waals surface area contributed by atoms with E-state index in [9.17, 15) is 10.2 Å². The van der Waals surface area contributed by atoms with Gasteiger partial charge in [0.05, 0.1) is 13.2 Å². The number of hydrogen-bond donors (Lipinski definition) is 2. The zero-order valence-electron chi connectivity index (χ0n) is 11.6. The maximum absolute atomic E-state index is 9.82. The standard InChI is InChI=1S/C17H18Cl2O2/c18-15-6-7-16(19)14(8-15)10-17(11-20,12-21)9-13-4-2-1-3-5-13/h1-8,20-21H,9-12H2. The summed E-state index contributed by atoms with van der Waals surface area (Å²) in [7, 11) is 0. The molecule has 0 aliphatic carbocycles. The fourth-order valence-electron chi connectivity index (χ4n) is 2.45. The van der Waals surface area contributed by atoms with E-state index in [0.717, 1.165) is 11.1 Å². The Morgan fingerprint density at radius 2 is 1.52 bits per heavy atom. The lowest BCUT2D eigenvalue weighted by atomic mass is 9.78. The van der Waals surface area contributed by atoms with Crippen LogP contribution in [0.3, 0.4) is 0 Å². The highest BCUT2D eigenvalue weighted by Gasteiger charge is 2.30. The molecule has 0 saturated heterocycles. The normalized spacial score (nSPS) is 11.6. The van der Waals surface area contributed by atoms with E-state index < -0.39 is 5.41 Å².